The van der Waals surface area contributed by atoms with E-state index in [9.17, 15) is 9.59 Å². The lowest BCUT2D eigenvalue weighted by Gasteiger charge is -2.18. The first kappa shape index (κ1) is 20.9. The van der Waals surface area contributed by atoms with E-state index in [-0.39, 0.29) is 17.9 Å². The molecule has 1 fully saturated rings. The van der Waals surface area contributed by atoms with Crippen LogP contribution in [0.3, 0.4) is 0 Å². The summed E-state index contributed by atoms with van der Waals surface area (Å²) >= 11 is 1.57. The van der Waals surface area contributed by atoms with Crippen LogP contribution >= 0.6 is 11.3 Å². The normalized spacial score (nSPS) is 14.8. The van der Waals surface area contributed by atoms with Crippen molar-refractivity contribution in [2.24, 2.45) is 0 Å². The maximum atomic E-state index is 13.4. The van der Waals surface area contributed by atoms with Crippen molar-refractivity contribution in [2.45, 2.75) is 59.5 Å². The highest BCUT2D eigenvalue weighted by Gasteiger charge is 2.21. The Bertz CT molecular complexity index is 1140. The van der Waals surface area contributed by atoms with E-state index >= 15 is 0 Å². The molecule has 0 unspecified atom stereocenters. The summed E-state index contributed by atoms with van der Waals surface area (Å²) in [6, 6.07) is 7.74. The molecule has 0 radical (unpaired) electrons. The van der Waals surface area contributed by atoms with Crippen molar-refractivity contribution in [1.29, 1.82) is 0 Å². The Morgan fingerprint density at radius 2 is 1.80 bits per heavy atom. The van der Waals surface area contributed by atoms with Gasteiger partial charge in [-0.15, -0.1) is 11.3 Å². The Balaban J connectivity index is 1.73. The lowest BCUT2D eigenvalue weighted by molar-refractivity contribution is 0.0968. The molecule has 1 saturated heterocycles. The summed E-state index contributed by atoms with van der Waals surface area (Å²) in [5.74, 6) is 1.06. The first-order chi connectivity index (χ1) is 14.3. The van der Waals surface area contributed by atoms with Gasteiger partial charge in [0.1, 0.15) is 10.7 Å². The van der Waals surface area contributed by atoms with Gasteiger partial charge in [0.2, 0.25) is 0 Å². The van der Waals surface area contributed by atoms with Crippen molar-refractivity contribution in [3.8, 4) is 0 Å². The van der Waals surface area contributed by atoms with Gasteiger partial charge >= 0.3 is 0 Å². The van der Waals surface area contributed by atoms with Gasteiger partial charge in [-0.3, -0.25) is 19.1 Å². The smallest absolute Gasteiger partial charge is 0.263 e. The van der Waals surface area contributed by atoms with Gasteiger partial charge in [-0.05, 0) is 56.8 Å². The summed E-state index contributed by atoms with van der Waals surface area (Å²) in [7, 11) is 0. The number of Topliss-reactive ketones (excluding diaryl/α,β-unsaturated/α-hetero) is 1. The third kappa shape index (κ3) is 3.98. The van der Waals surface area contributed by atoms with E-state index in [1.807, 2.05) is 38.1 Å². The van der Waals surface area contributed by atoms with Gasteiger partial charge in [-0.25, -0.2) is 4.98 Å². The second-order valence-electron chi connectivity index (χ2n) is 8.57. The number of carbonyl (C=O) groups is 1. The number of hydrogen-bond donors (Lipinski definition) is 0. The first-order valence-corrected chi connectivity index (χ1v) is 11.5. The number of hydrogen-bond acceptors (Lipinski definition) is 5. The zero-order chi connectivity index (χ0) is 21.4. The minimum Gasteiger partial charge on any atom is -0.296 e. The lowest BCUT2D eigenvalue weighted by atomic mass is 10.0. The molecular formula is C24H29N3O2S. The Morgan fingerprint density at radius 1 is 1.13 bits per heavy atom. The maximum absolute atomic E-state index is 13.4. The molecule has 30 heavy (non-hydrogen) atoms. The fourth-order valence-corrected chi connectivity index (χ4v) is 5.12. The van der Waals surface area contributed by atoms with Crippen molar-refractivity contribution in [1.82, 2.24) is 14.5 Å². The first-order valence-electron chi connectivity index (χ1n) is 10.7. The Labute approximate surface area is 181 Å². The molecule has 0 atom stereocenters. The zero-order valence-electron chi connectivity index (χ0n) is 18.2. The van der Waals surface area contributed by atoms with Crippen LogP contribution in [0.1, 0.15) is 64.8 Å². The SMILES string of the molecule is Cc1sc2nc(CN3CCCC3)n(CC(=O)c3ccc(C(C)C)cc3)c(=O)c2c1C. The van der Waals surface area contributed by atoms with Crippen LogP contribution in [0.2, 0.25) is 0 Å². The topological polar surface area (TPSA) is 55.2 Å². The van der Waals surface area contributed by atoms with Gasteiger partial charge in [0.25, 0.3) is 5.56 Å². The Kier molecular flexibility index (Phi) is 5.89. The number of thiophene rings is 1. The van der Waals surface area contributed by atoms with E-state index in [1.165, 1.54) is 18.4 Å². The quantitative estimate of drug-likeness (QED) is 0.540. The van der Waals surface area contributed by atoms with E-state index in [0.29, 0.717) is 29.2 Å². The van der Waals surface area contributed by atoms with Crippen LogP contribution < -0.4 is 5.56 Å². The fraction of sp³-hybridized carbons (Fsp3) is 0.458. The maximum Gasteiger partial charge on any atom is 0.263 e. The molecule has 158 valence electrons. The highest BCUT2D eigenvalue weighted by atomic mass is 32.1. The van der Waals surface area contributed by atoms with Crippen LogP contribution in [0.15, 0.2) is 29.1 Å². The lowest BCUT2D eigenvalue weighted by Crippen LogP contribution is -2.32. The summed E-state index contributed by atoms with van der Waals surface area (Å²) in [6.45, 7) is 10.9. The Hall–Kier alpha value is -2.31. The molecule has 3 heterocycles. The number of carbonyl (C=O) groups excluding carboxylic acids is 1. The standard InChI is InChI=1S/C24H29N3O2S/c1-15(2)18-7-9-19(10-8-18)20(28)13-27-21(14-26-11-5-6-12-26)25-23-22(24(27)29)16(3)17(4)30-23/h7-10,15H,5-6,11-14H2,1-4H3. The number of benzene rings is 1. The fourth-order valence-electron chi connectivity index (χ4n) is 4.08. The van der Waals surface area contributed by atoms with E-state index < -0.39 is 0 Å². The van der Waals surface area contributed by atoms with E-state index in [1.54, 1.807) is 15.9 Å². The van der Waals surface area contributed by atoms with E-state index in [4.69, 9.17) is 4.98 Å². The van der Waals surface area contributed by atoms with Crippen LogP contribution in [0.5, 0.6) is 0 Å². The number of nitrogens with zero attached hydrogens (tertiary/aromatic N) is 3. The van der Waals surface area contributed by atoms with Gasteiger partial charge in [0.05, 0.1) is 18.5 Å². The van der Waals surface area contributed by atoms with Crippen LogP contribution in [0.25, 0.3) is 10.2 Å². The van der Waals surface area contributed by atoms with Crippen molar-refractivity contribution >= 4 is 27.3 Å². The summed E-state index contributed by atoms with van der Waals surface area (Å²) in [5.41, 5.74) is 2.72. The summed E-state index contributed by atoms with van der Waals surface area (Å²) < 4.78 is 1.61. The van der Waals surface area contributed by atoms with Crippen LogP contribution in [-0.2, 0) is 13.1 Å². The van der Waals surface area contributed by atoms with Gasteiger partial charge in [0.15, 0.2) is 5.78 Å². The predicted molar refractivity (Wildman–Crippen MR) is 123 cm³/mol. The molecule has 1 aliphatic rings. The highest BCUT2D eigenvalue weighted by Crippen LogP contribution is 2.27. The molecule has 4 rings (SSSR count). The number of likely N-dealkylation sites (tertiary alicyclic amines) is 1. The molecule has 3 aromatic rings. The molecule has 5 nitrogen and oxygen atoms in total. The molecule has 1 aromatic carbocycles. The molecule has 0 saturated carbocycles. The zero-order valence-corrected chi connectivity index (χ0v) is 19.0. The molecule has 0 N–H and O–H groups in total. The molecule has 0 spiro atoms. The van der Waals surface area contributed by atoms with Crippen molar-refractivity contribution in [3.63, 3.8) is 0 Å². The predicted octanol–water partition coefficient (Wildman–Crippen LogP) is 4.68. The van der Waals surface area contributed by atoms with Crippen LogP contribution in [0.4, 0.5) is 0 Å². The molecule has 2 aromatic heterocycles. The molecule has 6 heteroatoms. The minimum absolute atomic E-state index is 0.0281. The average Bonchev–Trinajstić information content (AvgIpc) is 3.33. The second-order valence-corrected chi connectivity index (χ2v) is 9.77. The van der Waals surface area contributed by atoms with E-state index in [0.717, 1.165) is 28.4 Å². The summed E-state index contributed by atoms with van der Waals surface area (Å²) in [5, 5.41) is 0.658. The number of aryl methyl sites for hydroxylation is 2. The number of fused-ring (bicyclic) bond motifs is 1. The molecule has 0 aliphatic carbocycles. The van der Waals surface area contributed by atoms with Crippen molar-refractivity contribution in [2.75, 3.05) is 13.1 Å². The second kappa shape index (κ2) is 8.44. The van der Waals surface area contributed by atoms with Gasteiger partial charge in [-0.2, -0.15) is 0 Å². The summed E-state index contributed by atoms with van der Waals surface area (Å²) in [4.78, 5) is 35.6. The van der Waals surface area contributed by atoms with Crippen LogP contribution in [-0.4, -0.2) is 33.3 Å². The number of rotatable bonds is 6. The minimum atomic E-state index is -0.0943. The number of aromatic nitrogens is 2. The van der Waals surface area contributed by atoms with Gasteiger partial charge in [0, 0.05) is 10.4 Å². The summed E-state index contributed by atoms with van der Waals surface area (Å²) in [6.07, 6.45) is 2.34. The highest BCUT2D eigenvalue weighted by molar-refractivity contribution is 7.18. The molecule has 0 bridgehead atoms. The third-order valence-electron chi connectivity index (χ3n) is 6.13. The molecular weight excluding hydrogens is 394 g/mol. The van der Waals surface area contributed by atoms with Gasteiger partial charge < -0.3 is 0 Å². The van der Waals surface area contributed by atoms with E-state index in [2.05, 4.69) is 18.7 Å². The molecule has 0 amide bonds. The average molecular weight is 424 g/mol. The number of ketones is 1. The largest absolute Gasteiger partial charge is 0.296 e. The third-order valence-corrected chi connectivity index (χ3v) is 7.23. The van der Waals surface area contributed by atoms with Gasteiger partial charge in [-0.1, -0.05) is 38.1 Å². The molecule has 1 aliphatic heterocycles. The van der Waals surface area contributed by atoms with Crippen molar-refractivity contribution in [3.05, 3.63) is 62.0 Å². The Morgan fingerprint density at radius 3 is 2.43 bits per heavy atom. The van der Waals surface area contributed by atoms with Crippen molar-refractivity contribution < 1.29 is 4.79 Å². The van der Waals surface area contributed by atoms with Crippen LogP contribution in [0, 0.1) is 13.8 Å². The monoisotopic (exact) mass is 423 g/mol.